The van der Waals surface area contributed by atoms with Crippen LogP contribution >= 0.6 is 0 Å². The Morgan fingerprint density at radius 3 is 2.33 bits per heavy atom. The highest BCUT2D eigenvalue weighted by Crippen LogP contribution is 2.29. The summed E-state index contributed by atoms with van der Waals surface area (Å²) < 4.78 is 36.9. The smallest absolute Gasteiger partial charge is 0.385 e. The van der Waals surface area contributed by atoms with E-state index in [0.717, 1.165) is 12.1 Å². The van der Waals surface area contributed by atoms with Gasteiger partial charge in [-0.15, -0.1) is 0 Å². The Morgan fingerprint density at radius 1 is 1.22 bits per heavy atom. The first kappa shape index (κ1) is 14.3. The number of carbonyl (C=O) groups is 1. The van der Waals surface area contributed by atoms with Gasteiger partial charge in [-0.2, -0.15) is 13.2 Å². The van der Waals surface area contributed by atoms with E-state index in [1.165, 1.54) is 12.1 Å². The Bertz CT molecular complexity index is 387. The van der Waals surface area contributed by atoms with E-state index in [4.69, 9.17) is 0 Å². The lowest BCUT2D eigenvalue weighted by molar-refractivity contribution is -0.137. The monoisotopic (exact) mass is 260 g/mol. The first-order chi connectivity index (χ1) is 8.43. The molecule has 1 aromatic rings. The lowest BCUT2D eigenvalue weighted by atomic mass is 10.2. The van der Waals surface area contributed by atoms with Gasteiger partial charge in [0, 0.05) is 25.2 Å². The van der Waals surface area contributed by atoms with E-state index in [-0.39, 0.29) is 12.3 Å². The van der Waals surface area contributed by atoms with Crippen molar-refractivity contribution in [3.8, 4) is 0 Å². The van der Waals surface area contributed by atoms with Gasteiger partial charge < -0.3 is 10.6 Å². The molecule has 1 amide bonds. The lowest BCUT2D eigenvalue weighted by Gasteiger charge is -2.09. The van der Waals surface area contributed by atoms with Crippen LogP contribution in [0.5, 0.6) is 0 Å². The molecule has 0 bridgehead atoms. The first-order valence-electron chi connectivity index (χ1n) is 5.61. The zero-order valence-electron chi connectivity index (χ0n) is 9.97. The summed E-state index contributed by atoms with van der Waals surface area (Å²) in [5.74, 6) is -0.0862. The second kappa shape index (κ2) is 6.28. The predicted octanol–water partition coefficient (Wildman–Crippen LogP) is 2.64. The van der Waals surface area contributed by atoms with E-state index >= 15 is 0 Å². The molecular weight excluding hydrogens is 245 g/mol. The third-order valence-corrected chi connectivity index (χ3v) is 2.27. The van der Waals surface area contributed by atoms with Gasteiger partial charge in [0.1, 0.15) is 0 Å². The maximum atomic E-state index is 12.3. The number of hydrogen-bond acceptors (Lipinski definition) is 2. The topological polar surface area (TPSA) is 41.1 Å². The molecule has 0 heterocycles. The molecule has 2 N–H and O–H groups in total. The molecule has 0 aliphatic heterocycles. The van der Waals surface area contributed by atoms with E-state index in [1.807, 2.05) is 6.92 Å². The molecule has 0 spiro atoms. The summed E-state index contributed by atoms with van der Waals surface area (Å²) in [6.45, 7) is 2.78. The van der Waals surface area contributed by atoms with Crippen LogP contribution in [0, 0.1) is 0 Å². The van der Waals surface area contributed by atoms with Gasteiger partial charge in [-0.25, -0.2) is 0 Å². The number of rotatable bonds is 5. The van der Waals surface area contributed by atoms with Crippen molar-refractivity contribution < 1.29 is 18.0 Å². The van der Waals surface area contributed by atoms with Crippen LogP contribution in [0.1, 0.15) is 18.9 Å². The maximum absolute atomic E-state index is 12.3. The number of anilines is 1. The Kier molecular flexibility index (Phi) is 5.00. The molecule has 1 aromatic carbocycles. The number of amides is 1. The Balaban J connectivity index is 2.42. The Morgan fingerprint density at radius 2 is 1.83 bits per heavy atom. The molecule has 0 fully saturated rings. The Hall–Kier alpha value is -1.72. The van der Waals surface area contributed by atoms with Crippen LogP contribution in [0.25, 0.3) is 0 Å². The van der Waals surface area contributed by atoms with Crippen LogP contribution < -0.4 is 10.6 Å². The fourth-order valence-electron chi connectivity index (χ4n) is 1.38. The van der Waals surface area contributed by atoms with E-state index in [1.54, 1.807) is 0 Å². The van der Waals surface area contributed by atoms with Crippen molar-refractivity contribution in [3.63, 3.8) is 0 Å². The summed E-state index contributed by atoms with van der Waals surface area (Å²) in [6, 6.07) is 4.71. The van der Waals surface area contributed by atoms with E-state index in [0.29, 0.717) is 18.8 Å². The molecule has 0 saturated heterocycles. The van der Waals surface area contributed by atoms with Gasteiger partial charge in [-0.1, -0.05) is 0 Å². The molecule has 0 saturated carbocycles. The molecule has 3 nitrogen and oxygen atoms in total. The van der Waals surface area contributed by atoms with Crippen LogP contribution in [-0.2, 0) is 11.0 Å². The second-order valence-electron chi connectivity index (χ2n) is 3.71. The third kappa shape index (κ3) is 4.65. The van der Waals surface area contributed by atoms with Crippen molar-refractivity contribution in [2.45, 2.75) is 19.5 Å². The largest absolute Gasteiger partial charge is 0.416 e. The van der Waals surface area contributed by atoms with Crippen LogP contribution in [0.15, 0.2) is 24.3 Å². The molecule has 0 radical (unpaired) electrons. The van der Waals surface area contributed by atoms with Crippen LogP contribution in [-0.4, -0.2) is 19.0 Å². The standard InChI is InChI=1S/C12H15F3N2O/c1-2-16-11(18)7-8-17-10-5-3-9(4-6-10)12(13,14)15/h3-6,17H,2,7-8H2,1H3,(H,16,18). The van der Waals surface area contributed by atoms with Gasteiger partial charge in [0.2, 0.25) is 5.91 Å². The van der Waals surface area contributed by atoms with Crippen molar-refractivity contribution in [1.29, 1.82) is 0 Å². The average molecular weight is 260 g/mol. The quantitative estimate of drug-likeness (QED) is 0.854. The van der Waals surface area contributed by atoms with Gasteiger partial charge in [-0.3, -0.25) is 4.79 Å². The number of carbonyl (C=O) groups excluding carboxylic acids is 1. The van der Waals surface area contributed by atoms with Crippen LogP contribution in [0.3, 0.4) is 0 Å². The van der Waals surface area contributed by atoms with Crippen molar-refractivity contribution in [2.24, 2.45) is 0 Å². The summed E-state index contributed by atoms with van der Waals surface area (Å²) in [5.41, 5.74) is -0.121. The minimum absolute atomic E-state index is 0.0862. The predicted molar refractivity (Wildman–Crippen MR) is 63.2 cm³/mol. The molecule has 6 heteroatoms. The summed E-state index contributed by atoms with van der Waals surface area (Å²) >= 11 is 0. The van der Waals surface area contributed by atoms with Gasteiger partial charge in [-0.05, 0) is 31.2 Å². The van der Waals surface area contributed by atoms with Crippen molar-refractivity contribution >= 4 is 11.6 Å². The minimum atomic E-state index is -4.32. The SMILES string of the molecule is CCNC(=O)CCNc1ccc(C(F)(F)F)cc1. The first-order valence-corrected chi connectivity index (χ1v) is 5.61. The molecule has 100 valence electrons. The molecule has 0 aromatic heterocycles. The summed E-state index contributed by atoms with van der Waals surface area (Å²) in [6.07, 6.45) is -4.03. The summed E-state index contributed by atoms with van der Waals surface area (Å²) in [5, 5.41) is 5.52. The number of nitrogens with one attached hydrogen (secondary N) is 2. The number of alkyl halides is 3. The Labute approximate surface area is 103 Å². The highest BCUT2D eigenvalue weighted by Gasteiger charge is 2.29. The molecule has 18 heavy (non-hydrogen) atoms. The number of halogens is 3. The van der Waals surface area contributed by atoms with E-state index < -0.39 is 11.7 Å². The van der Waals surface area contributed by atoms with Crippen LogP contribution in [0.2, 0.25) is 0 Å². The highest BCUT2D eigenvalue weighted by atomic mass is 19.4. The molecule has 0 aliphatic carbocycles. The number of benzene rings is 1. The zero-order valence-corrected chi connectivity index (χ0v) is 9.97. The van der Waals surface area contributed by atoms with E-state index in [9.17, 15) is 18.0 Å². The molecule has 1 rings (SSSR count). The van der Waals surface area contributed by atoms with Gasteiger partial charge >= 0.3 is 6.18 Å². The zero-order chi connectivity index (χ0) is 13.6. The lowest BCUT2D eigenvalue weighted by Crippen LogP contribution is -2.24. The minimum Gasteiger partial charge on any atom is -0.385 e. The highest BCUT2D eigenvalue weighted by molar-refractivity contribution is 5.76. The van der Waals surface area contributed by atoms with E-state index in [2.05, 4.69) is 10.6 Å². The summed E-state index contributed by atoms with van der Waals surface area (Å²) in [7, 11) is 0. The number of hydrogen-bond donors (Lipinski definition) is 2. The normalized spacial score (nSPS) is 11.1. The van der Waals surface area contributed by atoms with Gasteiger partial charge in [0.05, 0.1) is 5.56 Å². The van der Waals surface area contributed by atoms with Gasteiger partial charge in [0.25, 0.3) is 0 Å². The fourth-order valence-corrected chi connectivity index (χ4v) is 1.38. The van der Waals surface area contributed by atoms with Gasteiger partial charge in [0.15, 0.2) is 0 Å². The van der Waals surface area contributed by atoms with Crippen molar-refractivity contribution in [1.82, 2.24) is 5.32 Å². The second-order valence-corrected chi connectivity index (χ2v) is 3.71. The molecule has 0 aliphatic rings. The molecule has 0 atom stereocenters. The summed E-state index contributed by atoms with van der Waals surface area (Å²) in [4.78, 5) is 11.1. The van der Waals surface area contributed by atoms with Crippen molar-refractivity contribution in [3.05, 3.63) is 29.8 Å². The maximum Gasteiger partial charge on any atom is 0.416 e. The van der Waals surface area contributed by atoms with Crippen molar-refractivity contribution in [2.75, 3.05) is 18.4 Å². The third-order valence-electron chi connectivity index (χ3n) is 2.27. The molecule has 0 unspecified atom stereocenters. The average Bonchev–Trinajstić information content (AvgIpc) is 2.29. The molecular formula is C12H15F3N2O. The fraction of sp³-hybridized carbons (Fsp3) is 0.417. The van der Waals surface area contributed by atoms with Crippen LogP contribution in [0.4, 0.5) is 18.9 Å².